The molecule has 4 rings (SSSR count). The molecule has 0 radical (unpaired) electrons. The van der Waals surface area contributed by atoms with Gasteiger partial charge in [-0.3, -0.25) is 19.2 Å². The Hall–Kier alpha value is -2.63. The van der Waals surface area contributed by atoms with Crippen LogP contribution in [-0.4, -0.2) is 28.1 Å². The van der Waals surface area contributed by atoms with Crippen LogP contribution in [0.5, 0.6) is 0 Å². The molecule has 132 valence electrons. The van der Waals surface area contributed by atoms with Crippen LogP contribution in [0.2, 0.25) is 0 Å². The van der Waals surface area contributed by atoms with Gasteiger partial charge in [0, 0.05) is 12.7 Å². The van der Waals surface area contributed by atoms with Crippen molar-refractivity contribution in [2.45, 2.75) is 39.7 Å². The molecule has 0 unspecified atom stereocenters. The van der Waals surface area contributed by atoms with Crippen molar-refractivity contribution in [1.29, 1.82) is 0 Å². The van der Waals surface area contributed by atoms with Crippen LogP contribution in [0.4, 0.5) is 11.4 Å². The summed E-state index contributed by atoms with van der Waals surface area (Å²) in [6.07, 6.45) is 7.08. The van der Waals surface area contributed by atoms with Crippen LogP contribution in [0.3, 0.4) is 0 Å². The van der Waals surface area contributed by atoms with E-state index in [9.17, 15) is 9.59 Å². The van der Waals surface area contributed by atoms with Gasteiger partial charge in [-0.05, 0) is 30.9 Å². The van der Waals surface area contributed by atoms with Gasteiger partial charge >= 0.3 is 0 Å². The monoisotopic (exact) mass is 340 g/mol. The van der Waals surface area contributed by atoms with E-state index in [2.05, 4.69) is 24.3 Å². The van der Waals surface area contributed by atoms with E-state index in [-0.39, 0.29) is 18.4 Å². The molecule has 25 heavy (non-hydrogen) atoms. The highest BCUT2D eigenvalue weighted by molar-refractivity contribution is 6.14. The minimum atomic E-state index is -0.190. The summed E-state index contributed by atoms with van der Waals surface area (Å²) in [5.41, 5.74) is 1.91. The van der Waals surface area contributed by atoms with Crippen molar-refractivity contribution in [2.75, 3.05) is 16.8 Å². The molecule has 0 spiro atoms. The van der Waals surface area contributed by atoms with Gasteiger partial charge in [-0.15, -0.1) is 0 Å². The molecule has 1 fully saturated rings. The number of para-hydroxylation sites is 2. The molecule has 1 aliphatic carbocycles. The largest absolute Gasteiger partial charge is 0.323 e. The molecule has 6 nitrogen and oxygen atoms in total. The Labute approximate surface area is 147 Å². The van der Waals surface area contributed by atoms with Crippen LogP contribution in [0.25, 0.3) is 0 Å². The molecule has 2 aromatic rings. The average molecular weight is 340 g/mol. The third-order valence-corrected chi connectivity index (χ3v) is 4.04. The summed E-state index contributed by atoms with van der Waals surface area (Å²) >= 11 is 0. The third-order valence-electron chi connectivity index (χ3n) is 4.04. The summed E-state index contributed by atoms with van der Waals surface area (Å²) in [5.74, 6) is 0.325. The van der Waals surface area contributed by atoms with Crippen LogP contribution < -0.4 is 10.2 Å². The van der Waals surface area contributed by atoms with Gasteiger partial charge in [-0.25, -0.2) is 0 Å². The number of carbonyl (C=O) groups is 2. The van der Waals surface area contributed by atoms with Gasteiger partial charge < -0.3 is 5.32 Å². The summed E-state index contributed by atoms with van der Waals surface area (Å²) in [6.45, 7) is 5.15. The highest BCUT2D eigenvalue weighted by Crippen LogP contribution is 2.31. The molecular formula is C19H24N4O2. The molecule has 0 bridgehead atoms. The minimum absolute atomic E-state index is 0.0314. The van der Waals surface area contributed by atoms with Crippen molar-refractivity contribution < 1.29 is 9.59 Å². The third kappa shape index (κ3) is 4.07. The standard InChI is InChI=1S/C16H16N4O2.C3H8/c21-15-10-20(14-4-2-1-3-13(14)18-15)16(22)12-7-17-19(9-12)8-11-5-6-11;1-3-2/h1-4,7,9,11H,5-6,8,10H2,(H,18,21);3H2,1-2H3. The maximum atomic E-state index is 12.7. The van der Waals surface area contributed by atoms with E-state index in [1.54, 1.807) is 18.5 Å². The summed E-state index contributed by atoms with van der Waals surface area (Å²) in [7, 11) is 0. The lowest BCUT2D eigenvalue weighted by Crippen LogP contribution is -2.42. The van der Waals surface area contributed by atoms with E-state index >= 15 is 0 Å². The normalized spacial score (nSPS) is 15.8. The molecular weight excluding hydrogens is 316 g/mol. The Kier molecular flexibility index (Phi) is 5.16. The first-order valence-electron chi connectivity index (χ1n) is 8.85. The molecule has 2 aliphatic rings. The van der Waals surface area contributed by atoms with Crippen LogP contribution in [0.1, 0.15) is 43.5 Å². The Bertz CT molecular complexity index is 764. The number of aromatic nitrogens is 2. The number of rotatable bonds is 3. The molecule has 6 heteroatoms. The minimum Gasteiger partial charge on any atom is -0.323 e. The zero-order chi connectivity index (χ0) is 17.8. The van der Waals surface area contributed by atoms with Crippen molar-refractivity contribution in [3.63, 3.8) is 0 Å². The number of hydrogen-bond donors (Lipinski definition) is 1. The molecule has 0 saturated heterocycles. The number of anilines is 2. The van der Waals surface area contributed by atoms with Gasteiger partial charge in [0.1, 0.15) is 6.54 Å². The first-order chi connectivity index (χ1) is 12.1. The van der Waals surface area contributed by atoms with Crippen LogP contribution in [-0.2, 0) is 11.3 Å². The van der Waals surface area contributed by atoms with E-state index < -0.39 is 0 Å². The van der Waals surface area contributed by atoms with E-state index in [4.69, 9.17) is 0 Å². The summed E-state index contributed by atoms with van der Waals surface area (Å²) in [5, 5.41) is 7.04. The fraction of sp³-hybridized carbons (Fsp3) is 0.421. The predicted molar refractivity (Wildman–Crippen MR) is 97.7 cm³/mol. The zero-order valence-corrected chi connectivity index (χ0v) is 14.7. The van der Waals surface area contributed by atoms with Crippen LogP contribution >= 0.6 is 0 Å². The van der Waals surface area contributed by atoms with Gasteiger partial charge in [0.15, 0.2) is 0 Å². The maximum absolute atomic E-state index is 12.7. The van der Waals surface area contributed by atoms with Gasteiger partial charge in [0.25, 0.3) is 5.91 Å². The van der Waals surface area contributed by atoms with Crippen LogP contribution in [0, 0.1) is 5.92 Å². The van der Waals surface area contributed by atoms with Crippen molar-refractivity contribution in [3.8, 4) is 0 Å². The highest BCUT2D eigenvalue weighted by Gasteiger charge is 2.28. The Morgan fingerprint density at radius 1 is 1.28 bits per heavy atom. The van der Waals surface area contributed by atoms with Crippen molar-refractivity contribution in [2.24, 2.45) is 5.92 Å². The SMILES string of the molecule is CCC.O=C1CN(C(=O)c2cnn(CC3CC3)c2)c2ccccc2N1. The van der Waals surface area contributed by atoms with Crippen LogP contribution in [0.15, 0.2) is 36.7 Å². The zero-order valence-electron chi connectivity index (χ0n) is 14.7. The second-order valence-corrected chi connectivity index (χ2v) is 6.56. The molecule has 1 saturated carbocycles. The van der Waals surface area contributed by atoms with Crippen molar-refractivity contribution in [1.82, 2.24) is 9.78 Å². The number of fused-ring (bicyclic) bond motifs is 1. The smallest absolute Gasteiger partial charge is 0.262 e. The number of nitrogens with zero attached hydrogens (tertiary/aromatic N) is 3. The van der Waals surface area contributed by atoms with Crippen molar-refractivity contribution >= 4 is 23.2 Å². The summed E-state index contributed by atoms with van der Waals surface area (Å²) in [6, 6.07) is 7.32. The Balaban J connectivity index is 0.000000569. The summed E-state index contributed by atoms with van der Waals surface area (Å²) in [4.78, 5) is 26.0. The molecule has 2 amide bonds. The fourth-order valence-electron chi connectivity index (χ4n) is 2.71. The van der Waals surface area contributed by atoms with E-state index in [1.807, 2.05) is 22.9 Å². The lowest BCUT2D eigenvalue weighted by atomic mass is 10.1. The number of amides is 2. The summed E-state index contributed by atoms with van der Waals surface area (Å²) < 4.78 is 1.82. The van der Waals surface area contributed by atoms with E-state index in [0.29, 0.717) is 17.2 Å². The molecule has 2 heterocycles. The van der Waals surface area contributed by atoms with Gasteiger partial charge in [0.05, 0.1) is 23.1 Å². The fourth-order valence-corrected chi connectivity index (χ4v) is 2.71. The van der Waals surface area contributed by atoms with Gasteiger partial charge in [-0.1, -0.05) is 32.4 Å². The van der Waals surface area contributed by atoms with Gasteiger partial charge in [0.2, 0.25) is 5.91 Å². The van der Waals surface area contributed by atoms with Crippen molar-refractivity contribution in [3.05, 3.63) is 42.2 Å². The predicted octanol–water partition coefficient (Wildman–Crippen LogP) is 3.31. The van der Waals surface area contributed by atoms with Gasteiger partial charge in [-0.2, -0.15) is 5.10 Å². The molecule has 0 atom stereocenters. The lowest BCUT2D eigenvalue weighted by Gasteiger charge is -2.28. The first kappa shape index (κ1) is 17.2. The number of carbonyl (C=O) groups excluding carboxylic acids is 2. The first-order valence-corrected chi connectivity index (χ1v) is 8.85. The number of benzene rings is 1. The highest BCUT2D eigenvalue weighted by atomic mass is 16.2. The Morgan fingerprint density at radius 2 is 2.00 bits per heavy atom. The van der Waals surface area contributed by atoms with E-state index in [1.165, 1.54) is 24.2 Å². The number of nitrogens with one attached hydrogen (secondary N) is 1. The number of hydrogen-bond acceptors (Lipinski definition) is 3. The second kappa shape index (κ2) is 7.51. The quantitative estimate of drug-likeness (QED) is 0.932. The topological polar surface area (TPSA) is 67.2 Å². The average Bonchev–Trinajstić information content (AvgIpc) is 3.29. The lowest BCUT2D eigenvalue weighted by molar-refractivity contribution is -0.115. The van der Waals surface area contributed by atoms with E-state index in [0.717, 1.165) is 12.2 Å². The second-order valence-electron chi connectivity index (χ2n) is 6.56. The molecule has 1 aromatic carbocycles. The Morgan fingerprint density at radius 3 is 2.72 bits per heavy atom. The molecule has 1 N–H and O–H groups in total. The molecule has 1 aromatic heterocycles. The molecule has 1 aliphatic heterocycles. The maximum Gasteiger partial charge on any atom is 0.262 e.